The van der Waals surface area contributed by atoms with Crippen LogP contribution in [0.5, 0.6) is 0 Å². The first-order chi connectivity index (χ1) is 14.7. The van der Waals surface area contributed by atoms with Gasteiger partial charge in [0.25, 0.3) is 5.91 Å². The zero-order valence-corrected chi connectivity index (χ0v) is 17.7. The number of hydrogen-bond donors (Lipinski definition) is 2. The SMILES string of the molecule is CC[C@@H](C)[C@H](NC(=O)c1c(-n2cnnn2)sc2c1CCC2)c1nc2ccccc2[nH]1. The van der Waals surface area contributed by atoms with Gasteiger partial charge in [-0.15, -0.1) is 16.4 Å². The summed E-state index contributed by atoms with van der Waals surface area (Å²) in [7, 11) is 0. The van der Waals surface area contributed by atoms with Crippen LogP contribution in [0.2, 0.25) is 0 Å². The Bertz CT molecular complexity index is 1160. The Kier molecular flexibility index (Phi) is 4.82. The highest BCUT2D eigenvalue weighted by Crippen LogP contribution is 2.38. The normalized spacial score (nSPS) is 15.3. The van der Waals surface area contributed by atoms with E-state index in [1.54, 1.807) is 22.3 Å². The molecule has 4 aromatic rings. The van der Waals surface area contributed by atoms with Gasteiger partial charge in [0.05, 0.1) is 22.6 Å². The highest BCUT2D eigenvalue weighted by Gasteiger charge is 2.31. The molecule has 2 atom stereocenters. The van der Waals surface area contributed by atoms with Crippen LogP contribution in [0.15, 0.2) is 30.6 Å². The van der Waals surface area contributed by atoms with Crippen LogP contribution in [-0.2, 0) is 12.8 Å². The molecular formula is C21H23N7OS. The van der Waals surface area contributed by atoms with E-state index in [4.69, 9.17) is 4.98 Å². The zero-order valence-electron chi connectivity index (χ0n) is 16.9. The Labute approximate surface area is 177 Å². The number of thiophene rings is 1. The average molecular weight is 422 g/mol. The van der Waals surface area contributed by atoms with Crippen molar-refractivity contribution in [3.8, 4) is 5.00 Å². The predicted octanol–water partition coefficient (Wildman–Crippen LogP) is 3.61. The molecule has 8 nitrogen and oxygen atoms in total. The molecule has 1 amide bonds. The van der Waals surface area contributed by atoms with Crippen molar-refractivity contribution < 1.29 is 4.79 Å². The number of nitrogens with one attached hydrogen (secondary N) is 2. The standard InChI is InChI=1S/C21H23N7OS/c1-3-12(2)18(19-23-14-8-4-5-9-15(14)24-19)25-20(29)17-13-7-6-10-16(13)30-21(17)28-11-22-26-27-28/h4-5,8-9,11-12,18H,3,6-7,10H2,1-2H3,(H,23,24)(H,25,29)/t12-,18+/m1/s1. The molecule has 1 aliphatic carbocycles. The number of aromatic amines is 1. The van der Waals surface area contributed by atoms with Crippen LogP contribution in [0, 0.1) is 5.92 Å². The molecule has 0 aliphatic heterocycles. The highest BCUT2D eigenvalue weighted by molar-refractivity contribution is 7.15. The van der Waals surface area contributed by atoms with Gasteiger partial charge in [0.2, 0.25) is 0 Å². The zero-order chi connectivity index (χ0) is 20.7. The van der Waals surface area contributed by atoms with E-state index in [0.29, 0.717) is 5.56 Å². The van der Waals surface area contributed by atoms with Crippen LogP contribution in [0.1, 0.15) is 59.4 Å². The van der Waals surface area contributed by atoms with E-state index in [1.807, 2.05) is 24.3 Å². The van der Waals surface area contributed by atoms with E-state index in [-0.39, 0.29) is 17.9 Å². The Balaban J connectivity index is 1.52. The fraction of sp³-hybridized carbons (Fsp3) is 0.381. The molecule has 0 unspecified atom stereocenters. The van der Waals surface area contributed by atoms with Gasteiger partial charge in [-0.3, -0.25) is 4.79 Å². The molecule has 2 N–H and O–H groups in total. The first-order valence-corrected chi connectivity index (χ1v) is 11.1. The van der Waals surface area contributed by atoms with E-state index < -0.39 is 0 Å². The Morgan fingerprint density at radius 2 is 2.20 bits per heavy atom. The van der Waals surface area contributed by atoms with Crippen molar-refractivity contribution in [1.82, 2.24) is 35.5 Å². The molecule has 0 bridgehead atoms. The number of tetrazole rings is 1. The lowest BCUT2D eigenvalue weighted by atomic mass is 9.97. The third-order valence-corrected chi connectivity index (χ3v) is 7.17. The van der Waals surface area contributed by atoms with Crippen LogP contribution < -0.4 is 5.32 Å². The van der Waals surface area contributed by atoms with Crippen molar-refractivity contribution in [2.45, 2.75) is 45.6 Å². The van der Waals surface area contributed by atoms with E-state index in [2.05, 4.69) is 39.7 Å². The van der Waals surface area contributed by atoms with Gasteiger partial charge in [-0.1, -0.05) is 32.4 Å². The fourth-order valence-corrected chi connectivity index (χ4v) is 5.39. The number of hydrogen-bond acceptors (Lipinski definition) is 6. The lowest BCUT2D eigenvalue weighted by Gasteiger charge is -2.23. The van der Waals surface area contributed by atoms with Crippen LogP contribution >= 0.6 is 11.3 Å². The van der Waals surface area contributed by atoms with E-state index in [9.17, 15) is 4.79 Å². The Hall–Kier alpha value is -3.07. The number of carbonyl (C=O) groups is 1. The monoisotopic (exact) mass is 421 g/mol. The number of fused-ring (bicyclic) bond motifs is 2. The molecule has 0 saturated heterocycles. The average Bonchev–Trinajstić information content (AvgIpc) is 3.53. The van der Waals surface area contributed by atoms with Gasteiger partial charge in [0.1, 0.15) is 17.2 Å². The number of benzene rings is 1. The second kappa shape index (κ2) is 7.64. The van der Waals surface area contributed by atoms with Crippen molar-refractivity contribution in [2.75, 3.05) is 0 Å². The first-order valence-electron chi connectivity index (χ1n) is 10.3. The summed E-state index contributed by atoms with van der Waals surface area (Å²) in [6.45, 7) is 4.26. The number of carbonyl (C=O) groups excluding carboxylic acids is 1. The molecular weight excluding hydrogens is 398 g/mol. The molecule has 3 heterocycles. The summed E-state index contributed by atoms with van der Waals surface area (Å²) in [6, 6.07) is 7.72. The molecule has 1 aromatic carbocycles. The summed E-state index contributed by atoms with van der Waals surface area (Å²) in [5.74, 6) is 0.915. The minimum absolute atomic E-state index is 0.0920. The Morgan fingerprint density at radius 1 is 1.33 bits per heavy atom. The number of nitrogens with zero attached hydrogens (tertiary/aromatic N) is 5. The quantitative estimate of drug-likeness (QED) is 0.495. The first kappa shape index (κ1) is 18.9. The molecule has 0 radical (unpaired) electrons. The van der Waals surface area contributed by atoms with Crippen LogP contribution in [0.25, 0.3) is 16.0 Å². The van der Waals surface area contributed by atoms with Gasteiger partial charge in [-0.05, 0) is 53.3 Å². The van der Waals surface area contributed by atoms with Gasteiger partial charge in [0, 0.05) is 4.88 Å². The number of H-pyrrole nitrogens is 1. The molecule has 154 valence electrons. The van der Waals surface area contributed by atoms with Gasteiger partial charge in [0.15, 0.2) is 0 Å². The molecule has 0 saturated carbocycles. The second-order valence-electron chi connectivity index (χ2n) is 7.77. The predicted molar refractivity (Wildman–Crippen MR) is 115 cm³/mol. The van der Waals surface area contributed by atoms with Crippen LogP contribution in [0.4, 0.5) is 0 Å². The minimum Gasteiger partial charge on any atom is -0.342 e. The lowest BCUT2D eigenvalue weighted by molar-refractivity contribution is 0.0920. The molecule has 1 aliphatic rings. The third-order valence-electron chi connectivity index (χ3n) is 5.89. The largest absolute Gasteiger partial charge is 0.342 e. The summed E-state index contributed by atoms with van der Waals surface area (Å²) in [6.07, 6.45) is 5.46. The summed E-state index contributed by atoms with van der Waals surface area (Å²) < 4.78 is 1.59. The smallest absolute Gasteiger partial charge is 0.255 e. The van der Waals surface area contributed by atoms with Crippen molar-refractivity contribution in [3.63, 3.8) is 0 Å². The maximum atomic E-state index is 13.6. The highest BCUT2D eigenvalue weighted by atomic mass is 32.1. The number of aromatic nitrogens is 6. The van der Waals surface area contributed by atoms with Crippen molar-refractivity contribution in [1.29, 1.82) is 0 Å². The number of aryl methyl sites for hydroxylation is 1. The molecule has 3 aromatic heterocycles. The third kappa shape index (κ3) is 3.19. The summed E-state index contributed by atoms with van der Waals surface area (Å²) in [4.78, 5) is 23.0. The summed E-state index contributed by atoms with van der Waals surface area (Å²) >= 11 is 1.61. The number of rotatable bonds is 6. The maximum Gasteiger partial charge on any atom is 0.255 e. The molecule has 30 heavy (non-hydrogen) atoms. The molecule has 0 fully saturated rings. The van der Waals surface area contributed by atoms with Gasteiger partial charge in [-0.2, -0.15) is 4.68 Å². The van der Waals surface area contributed by atoms with Crippen molar-refractivity contribution in [3.05, 3.63) is 52.4 Å². The summed E-state index contributed by atoms with van der Waals surface area (Å²) in [5, 5.41) is 15.6. The van der Waals surface area contributed by atoms with Crippen LogP contribution in [0.3, 0.4) is 0 Å². The Morgan fingerprint density at radius 3 is 2.97 bits per heavy atom. The van der Waals surface area contributed by atoms with Gasteiger partial charge < -0.3 is 10.3 Å². The number of imidazole rings is 1. The maximum absolute atomic E-state index is 13.6. The van der Waals surface area contributed by atoms with Crippen LogP contribution in [-0.4, -0.2) is 36.1 Å². The van der Waals surface area contributed by atoms with E-state index in [0.717, 1.165) is 53.1 Å². The topological polar surface area (TPSA) is 101 Å². The van der Waals surface area contributed by atoms with Crippen molar-refractivity contribution >= 4 is 28.3 Å². The van der Waals surface area contributed by atoms with Gasteiger partial charge in [-0.25, -0.2) is 4.98 Å². The molecule has 0 spiro atoms. The molecule has 9 heteroatoms. The number of para-hydroxylation sites is 2. The van der Waals surface area contributed by atoms with E-state index in [1.165, 1.54) is 4.88 Å². The van der Waals surface area contributed by atoms with E-state index >= 15 is 0 Å². The number of amides is 1. The molecule has 5 rings (SSSR count). The van der Waals surface area contributed by atoms with Gasteiger partial charge >= 0.3 is 0 Å². The minimum atomic E-state index is -0.214. The fourth-order valence-electron chi connectivity index (χ4n) is 4.09. The lowest BCUT2D eigenvalue weighted by Crippen LogP contribution is -2.34. The second-order valence-corrected chi connectivity index (χ2v) is 8.85. The van der Waals surface area contributed by atoms with Crippen molar-refractivity contribution in [2.24, 2.45) is 5.92 Å². The summed E-state index contributed by atoms with van der Waals surface area (Å²) in [5.41, 5.74) is 3.71.